The number of hydrogen-bond acceptors (Lipinski definition) is 3. The molecule has 0 unspecified atom stereocenters. The van der Waals surface area contributed by atoms with Gasteiger partial charge in [0.25, 0.3) is 0 Å². The van der Waals surface area contributed by atoms with Gasteiger partial charge in [-0.3, -0.25) is 20.2 Å². The Hall–Kier alpha value is -1.60. The molecule has 0 aromatic heterocycles. The van der Waals surface area contributed by atoms with Crippen LogP contribution in [0.4, 0.5) is 18.0 Å². The molecule has 1 heterocycles. The van der Waals surface area contributed by atoms with E-state index in [4.69, 9.17) is 0 Å². The van der Waals surface area contributed by atoms with Gasteiger partial charge in [0.05, 0.1) is 6.42 Å². The minimum Gasteiger partial charge on any atom is -0.277 e. The van der Waals surface area contributed by atoms with Crippen molar-refractivity contribution in [2.75, 3.05) is 0 Å². The van der Waals surface area contributed by atoms with Crippen molar-refractivity contribution >= 4 is 17.8 Å². The number of hydrogen-bond donors (Lipinski definition) is 2. The molecule has 0 saturated carbocycles. The molecule has 0 aromatic rings. The number of barbiturate groups is 1. The van der Waals surface area contributed by atoms with Gasteiger partial charge in [0.15, 0.2) is 0 Å². The highest BCUT2D eigenvalue weighted by atomic mass is 19.4. The molecular weight excluding hydrogens is 229 g/mol. The second-order valence-electron chi connectivity index (χ2n) is 3.46. The zero-order chi connectivity index (χ0) is 12.6. The van der Waals surface area contributed by atoms with Gasteiger partial charge in [-0.05, 0) is 6.42 Å². The molecule has 0 aliphatic carbocycles. The number of rotatable bonds is 2. The van der Waals surface area contributed by atoms with Crippen LogP contribution in [0.3, 0.4) is 0 Å². The molecule has 2 N–H and O–H groups in total. The Labute approximate surface area is 88.4 Å². The average molecular weight is 238 g/mol. The van der Waals surface area contributed by atoms with Crippen LogP contribution < -0.4 is 10.6 Å². The van der Waals surface area contributed by atoms with Crippen molar-refractivity contribution in [2.45, 2.75) is 25.9 Å². The lowest BCUT2D eigenvalue weighted by atomic mass is 9.78. The van der Waals surface area contributed by atoms with Crippen LogP contribution in [0.15, 0.2) is 0 Å². The molecule has 5 nitrogen and oxygen atoms in total. The predicted octanol–water partition coefficient (Wildman–Crippen LogP) is 0.701. The van der Waals surface area contributed by atoms with E-state index in [1.54, 1.807) is 10.6 Å². The molecule has 0 aromatic carbocycles. The molecule has 0 spiro atoms. The van der Waals surface area contributed by atoms with E-state index in [9.17, 15) is 27.6 Å². The van der Waals surface area contributed by atoms with Gasteiger partial charge in [0.2, 0.25) is 11.8 Å². The summed E-state index contributed by atoms with van der Waals surface area (Å²) in [5, 5.41) is 3.33. The Balaban J connectivity index is 3.06. The smallest absolute Gasteiger partial charge is 0.277 e. The number of nitrogens with one attached hydrogen (secondary N) is 2. The molecule has 1 saturated heterocycles. The number of amides is 4. The summed E-state index contributed by atoms with van der Waals surface area (Å²) in [4.78, 5) is 33.4. The zero-order valence-corrected chi connectivity index (χ0v) is 8.27. The van der Waals surface area contributed by atoms with Crippen LogP contribution in [0.5, 0.6) is 0 Å². The number of halogens is 3. The van der Waals surface area contributed by atoms with E-state index in [0.29, 0.717) is 0 Å². The maximum Gasteiger partial charge on any atom is 0.390 e. The van der Waals surface area contributed by atoms with Gasteiger partial charge in [-0.1, -0.05) is 6.92 Å². The number of carbonyl (C=O) groups is 3. The van der Waals surface area contributed by atoms with Gasteiger partial charge in [-0.25, -0.2) is 4.79 Å². The Kier molecular flexibility index (Phi) is 2.93. The SMILES string of the molecule is CCC1(CC(F)(F)F)C(=O)NC(=O)NC1=O. The highest BCUT2D eigenvalue weighted by Gasteiger charge is 2.54. The minimum absolute atomic E-state index is 0.336. The van der Waals surface area contributed by atoms with E-state index in [0.717, 1.165) is 0 Å². The maximum absolute atomic E-state index is 12.3. The molecule has 1 fully saturated rings. The third kappa shape index (κ3) is 2.15. The van der Waals surface area contributed by atoms with Gasteiger partial charge in [0, 0.05) is 0 Å². The molecule has 0 radical (unpaired) electrons. The molecule has 1 aliphatic rings. The van der Waals surface area contributed by atoms with Crippen molar-refractivity contribution in [3.05, 3.63) is 0 Å². The molecule has 1 rings (SSSR count). The van der Waals surface area contributed by atoms with Crippen LogP contribution in [-0.2, 0) is 9.59 Å². The normalized spacial score (nSPS) is 20.4. The predicted molar refractivity (Wildman–Crippen MR) is 45.1 cm³/mol. The summed E-state index contributed by atoms with van der Waals surface area (Å²) in [7, 11) is 0. The van der Waals surface area contributed by atoms with Crippen molar-refractivity contribution in [3.63, 3.8) is 0 Å². The van der Waals surface area contributed by atoms with Crippen LogP contribution in [0.2, 0.25) is 0 Å². The monoisotopic (exact) mass is 238 g/mol. The quantitative estimate of drug-likeness (QED) is 0.695. The highest BCUT2D eigenvalue weighted by molar-refractivity contribution is 6.19. The van der Waals surface area contributed by atoms with E-state index < -0.39 is 35.9 Å². The first-order chi connectivity index (χ1) is 7.21. The molecule has 0 bridgehead atoms. The van der Waals surface area contributed by atoms with Crippen molar-refractivity contribution in [1.82, 2.24) is 10.6 Å². The summed E-state index contributed by atoms with van der Waals surface area (Å²) in [5.41, 5.74) is -2.24. The fourth-order valence-corrected chi connectivity index (χ4v) is 1.53. The molecule has 8 heteroatoms. The lowest BCUT2D eigenvalue weighted by Crippen LogP contribution is -2.63. The summed E-state index contributed by atoms with van der Waals surface area (Å²) in [6.45, 7) is 1.28. The Morgan fingerprint density at radius 3 is 1.88 bits per heavy atom. The summed E-state index contributed by atoms with van der Waals surface area (Å²) in [6.07, 6.45) is -6.58. The number of carbonyl (C=O) groups excluding carboxylic acids is 3. The maximum atomic E-state index is 12.3. The lowest BCUT2D eigenvalue weighted by molar-refractivity contribution is -0.176. The van der Waals surface area contributed by atoms with E-state index in [1.807, 2.05) is 0 Å². The molecule has 90 valence electrons. The third-order valence-electron chi connectivity index (χ3n) is 2.43. The standard InChI is InChI=1S/C8H9F3N2O3/c1-2-7(3-8(9,10)11)4(14)12-6(16)13-5(7)15/h2-3H2,1H3,(H2,12,13,14,15,16). The average Bonchev–Trinajstić information content (AvgIpc) is 2.09. The second kappa shape index (κ2) is 3.76. The van der Waals surface area contributed by atoms with Gasteiger partial charge in [-0.15, -0.1) is 0 Å². The Bertz CT molecular complexity index is 331. The van der Waals surface area contributed by atoms with Crippen LogP contribution in [-0.4, -0.2) is 24.0 Å². The molecule has 16 heavy (non-hydrogen) atoms. The number of urea groups is 1. The number of alkyl halides is 3. The second-order valence-corrected chi connectivity index (χ2v) is 3.46. The Morgan fingerprint density at radius 2 is 1.56 bits per heavy atom. The zero-order valence-electron chi connectivity index (χ0n) is 8.27. The fraction of sp³-hybridized carbons (Fsp3) is 0.625. The summed E-state index contributed by atoms with van der Waals surface area (Å²) in [5.74, 6) is -2.41. The van der Waals surface area contributed by atoms with Gasteiger partial charge in [-0.2, -0.15) is 13.2 Å². The molecular formula is C8H9F3N2O3. The van der Waals surface area contributed by atoms with E-state index in [2.05, 4.69) is 0 Å². The molecule has 0 atom stereocenters. The van der Waals surface area contributed by atoms with Crippen LogP contribution in [0, 0.1) is 5.41 Å². The van der Waals surface area contributed by atoms with E-state index in [-0.39, 0.29) is 6.42 Å². The number of imide groups is 2. The van der Waals surface area contributed by atoms with Crippen molar-refractivity contribution in [2.24, 2.45) is 5.41 Å². The van der Waals surface area contributed by atoms with E-state index >= 15 is 0 Å². The van der Waals surface area contributed by atoms with Crippen LogP contribution in [0.25, 0.3) is 0 Å². The third-order valence-corrected chi connectivity index (χ3v) is 2.43. The van der Waals surface area contributed by atoms with Crippen molar-refractivity contribution < 1.29 is 27.6 Å². The van der Waals surface area contributed by atoms with Crippen LogP contribution in [0.1, 0.15) is 19.8 Å². The van der Waals surface area contributed by atoms with E-state index in [1.165, 1.54) is 6.92 Å². The summed E-state index contributed by atoms with van der Waals surface area (Å²) < 4.78 is 36.8. The topological polar surface area (TPSA) is 75.3 Å². The largest absolute Gasteiger partial charge is 0.390 e. The van der Waals surface area contributed by atoms with Crippen molar-refractivity contribution in [3.8, 4) is 0 Å². The van der Waals surface area contributed by atoms with Gasteiger partial charge in [0.1, 0.15) is 5.41 Å². The summed E-state index contributed by atoms with van der Waals surface area (Å²) in [6, 6.07) is -1.10. The van der Waals surface area contributed by atoms with Gasteiger partial charge >= 0.3 is 12.2 Å². The van der Waals surface area contributed by atoms with Crippen molar-refractivity contribution in [1.29, 1.82) is 0 Å². The first-order valence-electron chi connectivity index (χ1n) is 4.45. The summed E-state index contributed by atoms with van der Waals surface area (Å²) >= 11 is 0. The fourth-order valence-electron chi connectivity index (χ4n) is 1.53. The minimum atomic E-state index is -4.66. The molecule has 4 amide bonds. The first-order valence-corrected chi connectivity index (χ1v) is 4.45. The Morgan fingerprint density at radius 1 is 1.12 bits per heavy atom. The first kappa shape index (κ1) is 12.5. The van der Waals surface area contributed by atoms with Gasteiger partial charge < -0.3 is 0 Å². The highest BCUT2D eigenvalue weighted by Crippen LogP contribution is 2.37. The molecule has 1 aliphatic heterocycles. The van der Waals surface area contributed by atoms with Crippen LogP contribution >= 0.6 is 0 Å². The lowest BCUT2D eigenvalue weighted by Gasteiger charge is -2.33.